The fourth-order valence-corrected chi connectivity index (χ4v) is 1.55. The number of nitrogens with one attached hydrogen (secondary N) is 2. The number of carbonyl (C=O) groups excluding carboxylic acids is 1. The molecule has 1 aliphatic heterocycles. The van der Waals surface area contributed by atoms with Gasteiger partial charge in [-0.2, -0.15) is 0 Å². The Labute approximate surface area is 98.1 Å². The first-order chi connectivity index (χ1) is 7.46. The maximum absolute atomic E-state index is 12.0. The summed E-state index contributed by atoms with van der Waals surface area (Å²) in [6, 6.07) is 0.398. The summed E-state index contributed by atoms with van der Waals surface area (Å²) in [7, 11) is 0. The summed E-state index contributed by atoms with van der Waals surface area (Å²) in [4.78, 5) is 12.0. The first-order valence-electron chi connectivity index (χ1n) is 6.06. The standard InChI is InChI=1S/C12H24N2O2/c1-9(2)5-13-11(15)12(7-16-8-12)6-14-10(3)4/h9-10,14H,5-8H2,1-4H3,(H,13,15). The molecule has 16 heavy (non-hydrogen) atoms. The van der Waals surface area contributed by atoms with E-state index in [4.69, 9.17) is 4.74 Å². The van der Waals surface area contributed by atoms with Crippen LogP contribution in [0.15, 0.2) is 0 Å². The summed E-state index contributed by atoms with van der Waals surface area (Å²) in [5, 5.41) is 6.31. The van der Waals surface area contributed by atoms with Crippen LogP contribution in [0.5, 0.6) is 0 Å². The molecule has 1 fully saturated rings. The van der Waals surface area contributed by atoms with Gasteiger partial charge in [0.1, 0.15) is 5.41 Å². The zero-order valence-corrected chi connectivity index (χ0v) is 10.8. The van der Waals surface area contributed by atoms with Gasteiger partial charge in [-0.15, -0.1) is 0 Å². The van der Waals surface area contributed by atoms with Crippen molar-refractivity contribution < 1.29 is 9.53 Å². The monoisotopic (exact) mass is 228 g/mol. The van der Waals surface area contributed by atoms with Gasteiger partial charge in [0, 0.05) is 19.1 Å². The molecule has 0 aromatic heterocycles. The van der Waals surface area contributed by atoms with Crippen LogP contribution in [-0.2, 0) is 9.53 Å². The number of hydrogen-bond acceptors (Lipinski definition) is 3. The topological polar surface area (TPSA) is 50.4 Å². The van der Waals surface area contributed by atoms with E-state index < -0.39 is 0 Å². The minimum atomic E-state index is -0.334. The van der Waals surface area contributed by atoms with Gasteiger partial charge in [0.2, 0.25) is 5.91 Å². The molecule has 1 rings (SSSR count). The normalized spacial score (nSPS) is 18.6. The molecule has 0 saturated carbocycles. The molecule has 2 N–H and O–H groups in total. The zero-order chi connectivity index (χ0) is 12.2. The van der Waals surface area contributed by atoms with Gasteiger partial charge >= 0.3 is 0 Å². The lowest BCUT2D eigenvalue weighted by molar-refractivity contribution is -0.161. The largest absolute Gasteiger partial charge is 0.379 e. The van der Waals surface area contributed by atoms with E-state index in [0.29, 0.717) is 31.7 Å². The quantitative estimate of drug-likeness (QED) is 0.706. The average Bonchev–Trinajstić information content (AvgIpc) is 2.12. The molecule has 0 aliphatic carbocycles. The van der Waals surface area contributed by atoms with E-state index >= 15 is 0 Å². The Hall–Kier alpha value is -0.610. The van der Waals surface area contributed by atoms with Crippen LogP contribution in [0, 0.1) is 11.3 Å². The Morgan fingerprint density at radius 2 is 1.94 bits per heavy atom. The highest BCUT2D eigenvalue weighted by Gasteiger charge is 2.45. The van der Waals surface area contributed by atoms with Crippen LogP contribution < -0.4 is 10.6 Å². The molecule has 1 heterocycles. The lowest BCUT2D eigenvalue weighted by Crippen LogP contribution is -2.60. The summed E-state index contributed by atoms with van der Waals surface area (Å²) < 4.78 is 5.20. The van der Waals surface area contributed by atoms with E-state index in [-0.39, 0.29) is 11.3 Å². The molecule has 0 aromatic carbocycles. The van der Waals surface area contributed by atoms with Crippen LogP contribution in [0.25, 0.3) is 0 Å². The maximum Gasteiger partial charge on any atom is 0.232 e. The van der Waals surface area contributed by atoms with Crippen molar-refractivity contribution in [1.82, 2.24) is 10.6 Å². The highest BCUT2D eigenvalue weighted by atomic mass is 16.5. The lowest BCUT2D eigenvalue weighted by atomic mass is 9.84. The number of ether oxygens (including phenoxy) is 1. The summed E-state index contributed by atoms with van der Waals surface area (Å²) in [5.41, 5.74) is -0.334. The van der Waals surface area contributed by atoms with Crippen LogP contribution in [0.1, 0.15) is 27.7 Å². The third-order valence-corrected chi connectivity index (χ3v) is 2.76. The molecule has 94 valence electrons. The van der Waals surface area contributed by atoms with E-state index in [1.54, 1.807) is 0 Å². The molecule has 1 amide bonds. The van der Waals surface area contributed by atoms with Crippen molar-refractivity contribution in [2.45, 2.75) is 33.7 Å². The van der Waals surface area contributed by atoms with Gasteiger partial charge in [0.25, 0.3) is 0 Å². The van der Waals surface area contributed by atoms with E-state index in [1.807, 2.05) is 0 Å². The summed E-state index contributed by atoms with van der Waals surface area (Å²) >= 11 is 0. The molecule has 0 unspecified atom stereocenters. The van der Waals surface area contributed by atoms with Crippen LogP contribution in [-0.4, -0.2) is 38.3 Å². The highest BCUT2D eigenvalue weighted by molar-refractivity contribution is 5.84. The predicted molar refractivity (Wildman–Crippen MR) is 64.2 cm³/mol. The van der Waals surface area contributed by atoms with Crippen molar-refractivity contribution >= 4 is 5.91 Å². The van der Waals surface area contributed by atoms with Gasteiger partial charge in [-0.1, -0.05) is 27.7 Å². The summed E-state index contributed by atoms with van der Waals surface area (Å²) in [5.74, 6) is 0.612. The predicted octanol–water partition coefficient (Wildman–Crippen LogP) is 0.773. The molecular weight excluding hydrogens is 204 g/mol. The van der Waals surface area contributed by atoms with Gasteiger partial charge in [0.15, 0.2) is 0 Å². The molecular formula is C12H24N2O2. The van der Waals surface area contributed by atoms with Crippen LogP contribution in [0.4, 0.5) is 0 Å². The Balaban J connectivity index is 2.42. The summed E-state index contributed by atoms with van der Waals surface area (Å²) in [6.45, 7) is 10.9. The fourth-order valence-electron chi connectivity index (χ4n) is 1.55. The Morgan fingerprint density at radius 1 is 1.31 bits per heavy atom. The molecule has 0 bridgehead atoms. The molecule has 0 radical (unpaired) electrons. The minimum absolute atomic E-state index is 0.126. The van der Waals surface area contributed by atoms with Gasteiger partial charge in [-0.3, -0.25) is 4.79 Å². The number of amides is 1. The number of hydrogen-bond donors (Lipinski definition) is 2. The molecule has 0 aromatic rings. The molecule has 4 heteroatoms. The van der Waals surface area contributed by atoms with Crippen LogP contribution >= 0.6 is 0 Å². The Kier molecular flexibility index (Phi) is 4.74. The third kappa shape index (κ3) is 3.46. The Morgan fingerprint density at radius 3 is 2.31 bits per heavy atom. The van der Waals surface area contributed by atoms with E-state index in [2.05, 4.69) is 38.3 Å². The summed E-state index contributed by atoms with van der Waals surface area (Å²) in [6.07, 6.45) is 0. The number of carbonyl (C=O) groups is 1. The number of rotatable bonds is 6. The van der Waals surface area contributed by atoms with Gasteiger partial charge in [-0.25, -0.2) is 0 Å². The van der Waals surface area contributed by atoms with E-state index in [9.17, 15) is 4.79 Å². The van der Waals surface area contributed by atoms with Crippen LogP contribution in [0.3, 0.4) is 0 Å². The van der Waals surface area contributed by atoms with Gasteiger partial charge < -0.3 is 15.4 Å². The smallest absolute Gasteiger partial charge is 0.232 e. The van der Waals surface area contributed by atoms with E-state index in [1.165, 1.54) is 0 Å². The molecule has 1 saturated heterocycles. The first kappa shape index (κ1) is 13.5. The van der Waals surface area contributed by atoms with Crippen molar-refractivity contribution in [1.29, 1.82) is 0 Å². The van der Waals surface area contributed by atoms with Crippen molar-refractivity contribution in [3.8, 4) is 0 Å². The second-order valence-corrected chi connectivity index (χ2v) is 5.41. The molecule has 0 spiro atoms. The third-order valence-electron chi connectivity index (χ3n) is 2.76. The second kappa shape index (κ2) is 5.64. The van der Waals surface area contributed by atoms with Crippen molar-refractivity contribution in [2.24, 2.45) is 11.3 Å². The Bertz CT molecular complexity index is 235. The fraction of sp³-hybridized carbons (Fsp3) is 0.917. The molecule has 4 nitrogen and oxygen atoms in total. The van der Waals surface area contributed by atoms with Crippen molar-refractivity contribution in [3.63, 3.8) is 0 Å². The van der Waals surface area contributed by atoms with Crippen molar-refractivity contribution in [3.05, 3.63) is 0 Å². The average molecular weight is 228 g/mol. The van der Waals surface area contributed by atoms with Crippen LogP contribution in [0.2, 0.25) is 0 Å². The first-order valence-corrected chi connectivity index (χ1v) is 6.06. The lowest BCUT2D eigenvalue weighted by Gasteiger charge is -2.40. The van der Waals surface area contributed by atoms with Gasteiger partial charge in [-0.05, 0) is 5.92 Å². The highest BCUT2D eigenvalue weighted by Crippen LogP contribution is 2.27. The minimum Gasteiger partial charge on any atom is -0.379 e. The van der Waals surface area contributed by atoms with E-state index in [0.717, 1.165) is 6.54 Å². The zero-order valence-electron chi connectivity index (χ0n) is 10.8. The van der Waals surface area contributed by atoms with Crippen molar-refractivity contribution in [2.75, 3.05) is 26.3 Å². The maximum atomic E-state index is 12.0. The SMILES string of the molecule is CC(C)CNC(=O)C1(CNC(C)C)COC1. The second-order valence-electron chi connectivity index (χ2n) is 5.41. The molecule has 0 atom stereocenters. The van der Waals surface area contributed by atoms with Gasteiger partial charge in [0.05, 0.1) is 13.2 Å². The molecule has 1 aliphatic rings.